The van der Waals surface area contributed by atoms with Gasteiger partial charge in [0, 0.05) is 18.4 Å². The Bertz CT molecular complexity index is 477. The maximum absolute atomic E-state index is 11.5. The van der Waals surface area contributed by atoms with Gasteiger partial charge in [-0.3, -0.25) is 5.10 Å². The van der Waals surface area contributed by atoms with Crippen LogP contribution in [0.25, 0.3) is 0 Å². The van der Waals surface area contributed by atoms with E-state index < -0.39 is 0 Å². The molecule has 2 amide bonds. The summed E-state index contributed by atoms with van der Waals surface area (Å²) >= 11 is 0. The number of carbonyl (C=O) groups excluding carboxylic acids is 1. The van der Waals surface area contributed by atoms with Crippen LogP contribution in [0.1, 0.15) is 5.56 Å². The summed E-state index contributed by atoms with van der Waals surface area (Å²) in [4.78, 5) is 11.5. The summed E-state index contributed by atoms with van der Waals surface area (Å²) in [5.74, 6) is 0. The molecule has 17 heavy (non-hydrogen) atoms. The van der Waals surface area contributed by atoms with Crippen LogP contribution in [0, 0.1) is 0 Å². The molecule has 0 saturated heterocycles. The molecule has 0 aliphatic rings. The Balaban J connectivity index is 1.93. The number of hydrogen-bond acceptors (Lipinski definition) is 3. The zero-order valence-corrected chi connectivity index (χ0v) is 9.10. The van der Waals surface area contributed by atoms with Gasteiger partial charge in [0.25, 0.3) is 0 Å². The van der Waals surface area contributed by atoms with Crippen LogP contribution < -0.4 is 16.4 Å². The van der Waals surface area contributed by atoms with Crippen LogP contribution in [-0.2, 0) is 6.54 Å². The van der Waals surface area contributed by atoms with Gasteiger partial charge in [0.05, 0.1) is 11.9 Å². The number of rotatable bonds is 3. The van der Waals surface area contributed by atoms with E-state index in [1.807, 2.05) is 12.1 Å². The number of nitrogens with zero attached hydrogens (tertiary/aromatic N) is 1. The molecule has 0 unspecified atom stereocenters. The van der Waals surface area contributed by atoms with Crippen molar-refractivity contribution in [3.05, 3.63) is 42.2 Å². The van der Waals surface area contributed by atoms with Crippen molar-refractivity contribution in [2.24, 2.45) is 5.73 Å². The standard InChI is InChI=1S/C11H13N5O/c12-5-8-1-3-9(4-2-8)15-11(17)16-10-6-13-14-7-10/h1-4,6-7H,5,12H2,(H,13,14)(H2,15,16,17). The second kappa shape index (κ2) is 5.13. The van der Waals surface area contributed by atoms with Crippen molar-refractivity contribution in [1.29, 1.82) is 0 Å². The third kappa shape index (κ3) is 3.05. The van der Waals surface area contributed by atoms with Gasteiger partial charge in [0.15, 0.2) is 0 Å². The highest BCUT2D eigenvalue weighted by Crippen LogP contribution is 2.10. The van der Waals surface area contributed by atoms with Gasteiger partial charge in [-0.1, -0.05) is 12.1 Å². The first kappa shape index (κ1) is 11.2. The van der Waals surface area contributed by atoms with Crippen LogP contribution in [0.2, 0.25) is 0 Å². The van der Waals surface area contributed by atoms with Gasteiger partial charge in [0.1, 0.15) is 0 Å². The molecule has 2 aromatic rings. The lowest BCUT2D eigenvalue weighted by Crippen LogP contribution is -2.19. The number of amides is 2. The van der Waals surface area contributed by atoms with Crippen molar-refractivity contribution in [2.45, 2.75) is 6.54 Å². The van der Waals surface area contributed by atoms with Crippen LogP contribution in [0.15, 0.2) is 36.7 Å². The minimum atomic E-state index is -0.313. The maximum Gasteiger partial charge on any atom is 0.323 e. The first-order valence-corrected chi connectivity index (χ1v) is 5.14. The van der Waals surface area contributed by atoms with E-state index in [9.17, 15) is 4.79 Å². The Morgan fingerprint density at radius 3 is 2.53 bits per heavy atom. The first-order valence-electron chi connectivity index (χ1n) is 5.14. The van der Waals surface area contributed by atoms with Gasteiger partial charge in [-0.2, -0.15) is 5.10 Å². The van der Waals surface area contributed by atoms with Crippen molar-refractivity contribution in [3.8, 4) is 0 Å². The molecule has 88 valence electrons. The van der Waals surface area contributed by atoms with E-state index in [0.29, 0.717) is 17.9 Å². The molecule has 0 radical (unpaired) electrons. The third-order valence-electron chi connectivity index (χ3n) is 2.20. The Labute approximate surface area is 98.2 Å². The van der Waals surface area contributed by atoms with Gasteiger partial charge in [-0.25, -0.2) is 4.79 Å². The summed E-state index contributed by atoms with van der Waals surface area (Å²) in [7, 11) is 0. The number of anilines is 2. The first-order chi connectivity index (χ1) is 8.28. The number of nitrogens with one attached hydrogen (secondary N) is 3. The fraction of sp³-hybridized carbons (Fsp3) is 0.0909. The SMILES string of the molecule is NCc1ccc(NC(=O)Nc2cn[nH]c2)cc1. The minimum absolute atomic E-state index is 0.313. The van der Waals surface area contributed by atoms with Crippen LogP contribution >= 0.6 is 0 Å². The molecular formula is C11H13N5O. The Hall–Kier alpha value is -2.34. The summed E-state index contributed by atoms with van der Waals surface area (Å²) in [6.45, 7) is 0.488. The molecule has 5 N–H and O–H groups in total. The number of aromatic nitrogens is 2. The highest BCUT2D eigenvalue weighted by molar-refractivity contribution is 5.99. The molecule has 0 fully saturated rings. The molecule has 2 rings (SSSR count). The smallest absolute Gasteiger partial charge is 0.323 e. The number of urea groups is 1. The summed E-state index contributed by atoms with van der Waals surface area (Å²) in [6.07, 6.45) is 3.12. The van der Waals surface area contributed by atoms with Gasteiger partial charge in [0.2, 0.25) is 0 Å². The molecule has 6 nitrogen and oxygen atoms in total. The fourth-order valence-corrected chi connectivity index (χ4v) is 1.34. The molecule has 0 aliphatic heterocycles. The minimum Gasteiger partial charge on any atom is -0.326 e. The number of carbonyl (C=O) groups is 1. The molecule has 0 spiro atoms. The van der Waals surface area contributed by atoms with Gasteiger partial charge in [-0.15, -0.1) is 0 Å². The second-order valence-corrected chi connectivity index (χ2v) is 3.47. The summed E-state index contributed by atoms with van der Waals surface area (Å²) in [5.41, 5.74) is 7.82. The van der Waals surface area contributed by atoms with E-state index in [2.05, 4.69) is 20.8 Å². The lowest BCUT2D eigenvalue weighted by molar-refractivity contribution is 0.262. The molecule has 0 atom stereocenters. The van der Waals surface area contributed by atoms with Crippen LogP contribution in [0.4, 0.5) is 16.2 Å². The van der Waals surface area contributed by atoms with Crippen LogP contribution in [0.5, 0.6) is 0 Å². The second-order valence-electron chi connectivity index (χ2n) is 3.47. The van der Waals surface area contributed by atoms with Crippen molar-refractivity contribution in [3.63, 3.8) is 0 Å². The fourth-order valence-electron chi connectivity index (χ4n) is 1.34. The molecule has 0 bridgehead atoms. The average Bonchev–Trinajstić information content (AvgIpc) is 2.82. The largest absolute Gasteiger partial charge is 0.326 e. The monoisotopic (exact) mass is 231 g/mol. The predicted octanol–water partition coefficient (Wildman–Crippen LogP) is 1.51. The van der Waals surface area contributed by atoms with Gasteiger partial charge in [-0.05, 0) is 17.7 Å². The summed E-state index contributed by atoms with van der Waals surface area (Å²) < 4.78 is 0. The van der Waals surface area contributed by atoms with Crippen LogP contribution in [-0.4, -0.2) is 16.2 Å². The number of benzene rings is 1. The average molecular weight is 231 g/mol. The molecule has 6 heteroatoms. The Morgan fingerprint density at radius 2 is 1.94 bits per heavy atom. The quantitative estimate of drug-likeness (QED) is 0.644. The topological polar surface area (TPSA) is 95.8 Å². The lowest BCUT2D eigenvalue weighted by Gasteiger charge is -2.06. The van der Waals surface area contributed by atoms with E-state index >= 15 is 0 Å². The molecule has 1 aromatic heterocycles. The molecule has 0 saturated carbocycles. The van der Waals surface area contributed by atoms with Crippen molar-refractivity contribution >= 4 is 17.4 Å². The molecule has 0 aliphatic carbocycles. The highest BCUT2D eigenvalue weighted by atomic mass is 16.2. The van der Waals surface area contributed by atoms with Crippen LogP contribution in [0.3, 0.4) is 0 Å². The van der Waals surface area contributed by atoms with Crippen molar-refractivity contribution in [1.82, 2.24) is 10.2 Å². The zero-order valence-electron chi connectivity index (χ0n) is 9.10. The maximum atomic E-state index is 11.5. The Morgan fingerprint density at radius 1 is 1.24 bits per heavy atom. The molecular weight excluding hydrogens is 218 g/mol. The summed E-state index contributed by atoms with van der Waals surface area (Å²) in [6, 6.07) is 7.03. The number of H-pyrrole nitrogens is 1. The van der Waals surface area contributed by atoms with Crippen molar-refractivity contribution in [2.75, 3.05) is 10.6 Å². The zero-order chi connectivity index (χ0) is 12.1. The number of nitrogens with two attached hydrogens (primary N) is 1. The van der Waals surface area contributed by atoms with Gasteiger partial charge >= 0.3 is 6.03 Å². The van der Waals surface area contributed by atoms with Gasteiger partial charge < -0.3 is 16.4 Å². The number of hydrogen-bond donors (Lipinski definition) is 4. The lowest BCUT2D eigenvalue weighted by atomic mass is 10.2. The predicted molar refractivity (Wildman–Crippen MR) is 65.6 cm³/mol. The molecule has 1 heterocycles. The van der Waals surface area contributed by atoms with E-state index in [1.165, 1.54) is 6.20 Å². The van der Waals surface area contributed by atoms with E-state index in [-0.39, 0.29) is 6.03 Å². The normalized spacial score (nSPS) is 9.94. The third-order valence-corrected chi connectivity index (χ3v) is 2.20. The number of aromatic amines is 1. The van der Waals surface area contributed by atoms with E-state index in [0.717, 1.165) is 5.56 Å². The van der Waals surface area contributed by atoms with Crippen molar-refractivity contribution < 1.29 is 4.79 Å². The molecule has 1 aromatic carbocycles. The van der Waals surface area contributed by atoms with E-state index in [4.69, 9.17) is 5.73 Å². The Kier molecular flexibility index (Phi) is 3.37. The highest BCUT2D eigenvalue weighted by Gasteiger charge is 2.02. The van der Waals surface area contributed by atoms with E-state index in [1.54, 1.807) is 18.3 Å². The summed E-state index contributed by atoms with van der Waals surface area (Å²) in [5, 5.41) is 11.7.